The van der Waals surface area contributed by atoms with Gasteiger partial charge in [0.05, 0.1) is 24.8 Å². The molecule has 0 spiro atoms. The first-order valence-corrected chi connectivity index (χ1v) is 9.67. The van der Waals surface area contributed by atoms with Gasteiger partial charge < -0.3 is 9.88 Å². The standard InChI is InChI=1S/C21H21F3N4O2/c22-15-3-1-13(2-4-15)11-27-12-14(5-7-25-10-18(23)24)19-16-6-8-28(30)21(29)20(16)26-9-17(19)27/h1-4,9,12,18,25,30H,5-8,10-11H2. The van der Waals surface area contributed by atoms with Gasteiger partial charge in [0.25, 0.3) is 12.3 Å². The number of carbonyl (C=O) groups excluding carboxylic acids is 1. The summed E-state index contributed by atoms with van der Waals surface area (Å²) in [6.07, 6.45) is 2.03. The molecule has 0 bridgehead atoms. The van der Waals surface area contributed by atoms with Crippen molar-refractivity contribution >= 4 is 16.8 Å². The Balaban J connectivity index is 1.73. The molecular weight excluding hydrogens is 397 g/mol. The zero-order valence-corrected chi connectivity index (χ0v) is 16.1. The highest BCUT2D eigenvalue weighted by atomic mass is 19.3. The van der Waals surface area contributed by atoms with Crippen LogP contribution in [0, 0.1) is 5.82 Å². The molecule has 0 atom stereocenters. The Labute approximate surface area is 170 Å². The molecule has 1 aliphatic heterocycles. The third-order valence-corrected chi connectivity index (χ3v) is 5.25. The monoisotopic (exact) mass is 418 g/mol. The molecule has 4 rings (SSSR count). The third kappa shape index (κ3) is 4.03. The number of alkyl halides is 2. The Bertz CT molecular complexity index is 1070. The maximum Gasteiger partial charge on any atom is 0.296 e. The van der Waals surface area contributed by atoms with Gasteiger partial charge >= 0.3 is 0 Å². The van der Waals surface area contributed by atoms with Crippen molar-refractivity contribution in [2.24, 2.45) is 0 Å². The van der Waals surface area contributed by atoms with E-state index in [0.29, 0.717) is 31.0 Å². The molecule has 0 radical (unpaired) electrons. The minimum atomic E-state index is -2.42. The average Bonchev–Trinajstić information content (AvgIpc) is 3.07. The molecule has 30 heavy (non-hydrogen) atoms. The SMILES string of the molecule is O=C1c2ncc3c(c(CCNCC(F)F)cn3Cc3ccc(F)cc3)c2CCN1O. The first kappa shape index (κ1) is 20.4. The lowest BCUT2D eigenvalue weighted by Gasteiger charge is -2.23. The van der Waals surface area contributed by atoms with Crippen molar-refractivity contribution in [2.75, 3.05) is 19.6 Å². The Kier molecular flexibility index (Phi) is 5.74. The van der Waals surface area contributed by atoms with Gasteiger partial charge in [-0.15, -0.1) is 0 Å². The van der Waals surface area contributed by atoms with E-state index in [1.807, 2.05) is 10.8 Å². The molecule has 0 aliphatic carbocycles. The van der Waals surface area contributed by atoms with Crippen LogP contribution in [0.2, 0.25) is 0 Å². The van der Waals surface area contributed by atoms with Crippen LogP contribution in [0.3, 0.4) is 0 Å². The lowest BCUT2D eigenvalue weighted by molar-refractivity contribution is -0.0606. The number of rotatable bonds is 7. The van der Waals surface area contributed by atoms with E-state index < -0.39 is 12.3 Å². The Morgan fingerprint density at radius 1 is 1.23 bits per heavy atom. The maximum atomic E-state index is 13.2. The van der Waals surface area contributed by atoms with Crippen LogP contribution in [0.5, 0.6) is 0 Å². The van der Waals surface area contributed by atoms with Crippen LogP contribution >= 0.6 is 0 Å². The Hall–Kier alpha value is -2.91. The van der Waals surface area contributed by atoms with Gasteiger partial charge in [-0.2, -0.15) is 0 Å². The van der Waals surface area contributed by atoms with Crippen molar-refractivity contribution in [1.29, 1.82) is 0 Å². The molecule has 0 saturated heterocycles. The van der Waals surface area contributed by atoms with Crippen LogP contribution in [0.4, 0.5) is 13.2 Å². The number of halogens is 3. The molecule has 0 fully saturated rings. The number of hydroxylamine groups is 2. The first-order valence-electron chi connectivity index (χ1n) is 9.67. The topological polar surface area (TPSA) is 70.4 Å². The van der Waals surface area contributed by atoms with E-state index in [1.54, 1.807) is 18.3 Å². The largest absolute Gasteiger partial charge is 0.342 e. The molecule has 158 valence electrons. The number of pyridine rings is 1. The smallest absolute Gasteiger partial charge is 0.296 e. The van der Waals surface area contributed by atoms with E-state index in [4.69, 9.17) is 0 Å². The quantitative estimate of drug-likeness (QED) is 0.457. The molecule has 6 nitrogen and oxygen atoms in total. The minimum Gasteiger partial charge on any atom is -0.342 e. The van der Waals surface area contributed by atoms with Crippen LogP contribution in [0.1, 0.15) is 27.2 Å². The number of carbonyl (C=O) groups is 1. The number of fused-ring (bicyclic) bond motifs is 3. The summed E-state index contributed by atoms with van der Waals surface area (Å²) >= 11 is 0. The van der Waals surface area contributed by atoms with E-state index in [2.05, 4.69) is 10.3 Å². The molecule has 0 saturated carbocycles. The number of hydrogen-bond acceptors (Lipinski definition) is 4. The summed E-state index contributed by atoms with van der Waals surface area (Å²) in [4.78, 5) is 16.6. The number of benzene rings is 1. The van der Waals surface area contributed by atoms with Gasteiger partial charge in [-0.05, 0) is 48.2 Å². The number of amides is 1. The van der Waals surface area contributed by atoms with E-state index in [0.717, 1.165) is 27.6 Å². The van der Waals surface area contributed by atoms with Crippen LogP contribution in [-0.4, -0.2) is 51.8 Å². The van der Waals surface area contributed by atoms with E-state index in [1.165, 1.54) is 12.1 Å². The zero-order chi connectivity index (χ0) is 21.3. The van der Waals surface area contributed by atoms with Crippen molar-refractivity contribution in [1.82, 2.24) is 19.9 Å². The molecule has 2 aromatic heterocycles. The van der Waals surface area contributed by atoms with E-state index >= 15 is 0 Å². The number of aromatic nitrogens is 2. The molecule has 1 amide bonds. The summed E-state index contributed by atoms with van der Waals surface area (Å²) < 4.78 is 40.1. The van der Waals surface area contributed by atoms with Gasteiger partial charge in [0, 0.05) is 18.1 Å². The molecule has 3 heterocycles. The lowest BCUT2D eigenvalue weighted by atomic mass is 9.98. The molecule has 2 N–H and O–H groups in total. The normalized spacial score (nSPS) is 14.0. The van der Waals surface area contributed by atoms with Crippen molar-refractivity contribution in [2.45, 2.75) is 25.8 Å². The fourth-order valence-corrected chi connectivity index (χ4v) is 3.85. The summed E-state index contributed by atoms with van der Waals surface area (Å²) in [7, 11) is 0. The van der Waals surface area contributed by atoms with Gasteiger partial charge in [0.2, 0.25) is 0 Å². The highest BCUT2D eigenvalue weighted by molar-refractivity contribution is 6.00. The van der Waals surface area contributed by atoms with E-state index in [-0.39, 0.29) is 24.6 Å². The Morgan fingerprint density at radius 3 is 2.73 bits per heavy atom. The first-order chi connectivity index (χ1) is 14.4. The molecule has 9 heteroatoms. The lowest BCUT2D eigenvalue weighted by Crippen LogP contribution is -2.35. The predicted molar refractivity (Wildman–Crippen MR) is 104 cm³/mol. The molecule has 0 unspecified atom stereocenters. The van der Waals surface area contributed by atoms with Gasteiger partial charge in [-0.25, -0.2) is 23.2 Å². The predicted octanol–water partition coefficient (Wildman–Crippen LogP) is 3.01. The molecular formula is C21H21F3N4O2. The van der Waals surface area contributed by atoms with Crippen molar-refractivity contribution in [3.63, 3.8) is 0 Å². The maximum absolute atomic E-state index is 13.2. The highest BCUT2D eigenvalue weighted by Crippen LogP contribution is 2.30. The number of nitrogens with one attached hydrogen (secondary N) is 1. The summed E-state index contributed by atoms with van der Waals surface area (Å²) in [5.74, 6) is -0.865. The van der Waals surface area contributed by atoms with Crippen molar-refractivity contribution < 1.29 is 23.2 Å². The fourth-order valence-electron chi connectivity index (χ4n) is 3.85. The molecule has 3 aromatic rings. The van der Waals surface area contributed by atoms with Crippen LogP contribution < -0.4 is 5.32 Å². The van der Waals surface area contributed by atoms with Crippen molar-refractivity contribution in [3.05, 3.63) is 64.9 Å². The third-order valence-electron chi connectivity index (χ3n) is 5.25. The summed E-state index contributed by atoms with van der Waals surface area (Å²) in [6, 6.07) is 6.18. The Morgan fingerprint density at radius 2 is 2.00 bits per heavy atom. The second-order valence-corrected chi connectivity index (χ2v) is 7.28. The average molecular weight is 418 g/mol. The van der Waals surface area contributed by atoms with Gasteiger partial charge in [0.1, 0.15) is 11.5 Å². The molecule has 1 aliphatic rings. The van der Waals surface area contributed by atoms with Crippen LogP contribution in [0.25, 0.3) is 10.9 Å². The van der Waals surface area contributed by atoms with Gasteiger partial charge in [0.15, 0.2) is 0 Å². The second kappa shape index (κ2) is 8.45. The molecule has 1 aromatic carbocycles. The van der Waals surface area contributed by atoms with Gasteiger partial charge in [-0.3, -0.25) is 10.0 Å². The highest BCUT2D eigenvalue weighted by Gasteiger charge is 2.28. The zero-order valence-electron chi connectivity index (χ0n) is 16.1. The van der Waals surface area contributed by atoms with Crippen molar-refractivity contribution in [3.8, 4) is 0 Å². The van der Waals surface area contributed by atoms with Crippen LogP contribution in [-0.2, 0) is 19.4 Å². The summed E-state index contributed by atoms with van der Waals surface area (Å²) in [5, 5.41) is 14.0. The number of nitrogens with zero attached hydrogens (tertiary/aromatic N) is 3. The second-order valence-electron chi connectivity index (χ2n) is 7.28. The fraction of sp³-hybridized carbons (Fsp3) is 0.333. The number of hydrogen-bond donors (Lipinski definition) is 2. The van der Waals surface area contributed by atoms with Gasteiger partial charge in [-0.1, -0.05) is 12.1 Å². The summed E-state index contributed by atoms with van der Waals surface area (Å²) in [6.45, 7) is 0.615. The minimum absolute atomic E-state index is 0.166. The van der Waals surface area contributed by atoms with Crippen LogP contribution in [0.15, 0.2) is 36.7 Å². The summed E-state index contributed by atoms with van der Waals surface area (Å²) in [5.41, 5.74) is 3.57. The van der Waals surface area contributed by atoms with E-state index in [9.17, 15) is 23.2 Å².